The van der Waals surface area contributed by atoms with E-state index in [1.165, 1.54) is 0 Å². The summed E-state index contributed by atoms with van der Waals surface area (Å²) >= 11 is 1.85. The number of nitrogen functional groups attached to an aromatic ring is 1. The summed E-state index contributed by atoms with van der Waals surface area (Å²) in [5.74, 6) is 1.80. The van der Waals surface area contributed by atoms with Crippen LogP contribution in [0.1, 0.15) is 11.1 Å². The third kappa shape index (κ3) is 2.92. The molecule has 0 aromatic heterocycles. The first kappa shape index (κ1) is 12.3. The Morgan fingerprint density at radius 1 is 1.59 bits per heavy atom. The Morgan fingerprint density at radius 3 is 2.88 bits per heavy atom. The minimum Gasteiger partial charge on any atom is -0.496 e. The summed E-state index contributed by atoms with van der Waals surface area (Å²) < 4.78 is 10.4. The van der Waals surface area contributed by atoms with Crippen molar-refractivity contribution in [3.05, 3.63) is 29.3 Å². The van der Waals surface area contributed by atoms with E-state index in [1.54, 1.807) is 7.11 Å². The third-order valence-corrected chi connectivity index (χ3v) is 3.89. The fourth-order valence-electron chi connectivity index (χ4n) is 1.58. The Bertz CT molecular complexity index is 419. The van der Waals surface area contributed by atoms with Gasteiger partial charge in [0.1, 0.15) is 11.6 Å². The zero-order valence-electron chi connectivity index (χ0n) is 9.73. The van der Waals surface area contributed by atoms with Gasteiger partial charge in [-0.1, -0.05) is 0 Å². The Morgan fingerprint density at radius 2 is 2.35 bits per heavy atom. The lowest BCUT2D eigenvalue weighted by Gasteiger charge is -2.25. The highest BCUT2D eigenvalue weighted by Gasteiger charge is 2.19. The number of benzene rings is 1. The van der Waals surface area contributed by atoms with Gasteiger partial charge in [-0.15, -0.1) is 11.8 Å². The van der Waals surface area contributed by atoms with Crippen LogP contribution < -0.4 is 10.5 Å². The molecule has 5 heteroatoms. The highest BCUT2D eigenvalue weighted by Crippen LogP contribution is 2.28. The Kier molecular flexibility index (Phi) is 3.91. The van der Waals surface area contributed by atoms with Gasteiger partial charge < -0.3 is 15.2 Å². The maximum absolute atomic E-state index is 7.43. The minimum absolute atomic E-state index is 0.0888. The van der Waals surface area contributed by atoms with Crippen molar-refractivity contribution < 1.29 is 9.47 Å². The molecular formula is C12H16N2O2S. The smallest absolute Gasteiger partial charge is 0.122 e. The molecule has 1 fully saturated rings. The monoisotopic (exact) mass is 252 g/mol. The van der Waals surface area contributed by atoms with Crippen LogP contribution in [-0.4, -0.2) is 31.4 Å². The maximum Gasteiger partial charge on any atom is 0.122 e. The van der Waals surface area contributed by atoms with E-state index in [0.717, 1.165) is 35.8 Å². The molecule has 1 aliphatic rings. The molecule has 3 N–H and O–H groups in total. The van der Waals surface area contributed by atoms with Crippen molar-refractivity contribution >= 4 is 17.6 Å². The molecule has 4 nitrogen and oxygen atoms in total. The van der Waals surface area contributed by atoms with Gasteiger partial charge in [-0.3, -0.25) is 5.41 Å². The standard InChI is InChI=1S/C12H16N2O2S/c1-15-11-3-2-8(12(13)14)4-9(11)7-17-10-5-16-6-10/h2-4,10H,5-7H2,1H3,(H3,13,14). The zero-order chi connectivity index (χ0) is 12.3. The average Bonchev–Trinajstić information content (AvgIpc) is 2.26. The summed E-state index contributed by atoms with van der Waals surface area (Å²) in [6.07, 6.45) is 0. The molecule has 2 rings (SSSR count). The van der Waals surface area contributed by atoms with E-state index in [0.29, 0.717) is 5.25 Å². The van der Waals surface area contributed by atoms with Crippen molar-refractivity contribution in [2.75, 3.05) is 20.3 Å². The van der Waals surface area contributed by atoms with Crippen molar-refractivity contribution in [2.45, 2.75) is 11.0 Å². The number of nitrogens with two attached hydrogens (primary N) is 1. The first-order valence-corrected chi connectivity index (χ1v) is 6.46. The summed E-state index contributed by atoms with van der Waals surface area (Å²) in [5, 5.41) is 8.02. The number of ether oxygens (including phenoxy) is 2. The van der Waals surface area contributed by atoms with Crippen LogP contribution in [0.4, 0.5) is 0 Å². The van der Waals surface area contributed by atoms with E-state index in [9.17, 15) is 0 Å². The largest absolute Gasteiger partial charge is 0.496 e. The lowest BCUT2D eigenvalue weighted by Crippen LogP contribution is -2.30. The van der Waals surface area contributed by atoms with Gasteiger partial charge in [-0.05, 0) is 18.2 Å². The normalized spacial score (nSPS) is 15.4. The van der Waals surface area contributed by atoms with E-state index >= 15 is 0 Å². The zero-order valence-corrected chi connectivity index (χ0v) is 10.5. The maximum atomic E-state index is 7.43. The number of hydrogen-bond acceptors (Lipinski definition) is 4. The van der Waals surface area contributed by atoms with E-state index in [4.69, 9.17) is 20.6 Å². The molecule has 0 radical (unpaired) electrons. The van der Waals surface area contributed by atoms with Crippen LogP contribution in [0, 0.1) is 5.41 Å². The van der Waals surface area contributed by atoms with Gasteiger partial charge in [-0.2, -0.15) is 0 Å². The van der Waals surface area contributed by atoms with Crippen molar-refractivity contribution in [1.29, 1.82) is 5.41 Å². The van der Waals surface area contributed by atoms with Crippen LogP contribution in [0.5, 0.6) is 5.75 Å². The molecule has 0 bridgehead atoms. The van der Waals surface area contributed by atoms with Crippen LogP contribution in [0.15, 0.2) is 18.2 Å². The van der Waals surface area contributed by atoms with Crippen LogP contribution >= 0.6 is 11.8 Å². The summed E-state index contributed by atoms with van der Waals surface area (Å²) in [4.78, 5) is 0. The Labute approximate surface area is 105 Å². The highest BCUT2D eigenvalue weighted by atomic mass is 32.2. The molecule has 0 amide bonds. The molecule has 1 aliphatic heterocycles. The second-order valence-electron chi connectivity index (χ2n) is 3.91. The van der Waals surface area contributed by atoms with E-state index in [2.05, 4.69) is 0 Å². The molecule has 0 atom stereocenters. The fourth-order valence-corrected chi connectivity index (χ4v) is 2.60. The molecule has 92 valence electrons. The van der Waals surface area contributed by atoms with Crippen molar-refractivity contribution in [2.24, 2.45) is 5.73 Å². The van der Waals surface area contributed by atoms with Gasteiger partial charge in [0.15, 0.2) is 0 Å². The number of rotatable bonds is 5. The highest BCUT2D eigenvalue weighted by molar-refractivity contribution is 7.99. The molecule has 1 saturated heterocycles. The number of amidine groups is 1. The van der Waals surface area contributed by atoms with E-state index < -0.39 is 0 Å². The molecule has 1 heterocycles. The second kappa shape index (κ2) is 5.42. The first-order chi connectivity index (χ1) is 8.20. The predicted octanol–water partition coefficient (Wildman–Crippen LogP) is 1.61. The SMILES string of the molecule is COc1ccc(C(=N)N)cc1CSC1COC1. The average molecular weight is 252 g/mol. The number of nitrogens with one attached hydrogen (secondary N) is 1. The minimum atomic E-state index is 0.0888. The number of hydrogen-bond donors (Lipinski definition) is 2. The quantitative estimate of drug-likeness (QED) is 0.617. The van der Waals surface area contributed by atoms with E-state index in [-0.39, 0.29) is 5.84 Å². The molecule has 17 heavy (non-hydrogen) atoms. The summed E-state index contributed by atoms with van der Waals surface area (Å²) in [6.45, 7) is 1.67. The topological polar surface area (TPSA) is 68.3 Å². The second-order valence-corrected chi connectivity index (χ2v) is 5.20. The van der Waals surface area contributed by atoms with Gasteiger partial charge in [0.25, 0.3) is 0 Å². The lowest BCUT2D eigenvalue weighted by molar-refractivity contribution is 0.0455. The molecule has 1 aromatic rings. The van der Waals surface area contributed by atoms with Gasteiger partial charge in [-0.25, -0.2) is 0 Å². The molecule has 1 aromatic carbocycles. The Hall–Kier alpha value is -1.20. The fraction of sp³-hybridized carbons (Fsp3) is 0.417. The van der Waals surface area contributed by atoms with Gasteiger partial charge >= 0.3 is 0 Å². The summed E-state index contributed by atoms with van der Waals surface area (Å²) in [5.41, 5.74) is 7.31. The van der Waals surface area contributed by atoms with Gasteiger partial charge in [0.2, 0.25) is 0 Å². The number of methoxy groups -OCH3 is 1. The lowest BCUT2D eigenvalue weighted by atomic mass is 10.1. The first-order valence-electron chi connectivity index (χ1n) is 5.41. The Balaban J connectivity index is 2.10. The van der Waals surface area contributed by atoms with Crippen LogP contribution in [0.2, 0.25) is 0 Å². The van der Waals surface area contributed by atoms with Crippen molar-refractivity contribution in [3.8, 4) is 5.75 Å². The summed E-state index contributed by atoms with van der Waals surface area (Å²) in [6, 6.07) is 5.60. The van der Waals surface area contributed by atoms with E-state index in [1.807, 2.05) is 30.0 Å². The molecule has 0 spiro atoms. The van der Waals surface area contributed by atoms with Crippen molar-refractivity contribution in [3.63, 3.8) is 0 Å². The summed E-state index contributed by atoms with van der Waals surface area (Å²) in [7, 11) is 1.66. The molecular weight excluding hydrogens is 236 g/mol. The van der Waals surface area contributed by atoms with Crippen LogP contribution in [-0.2, 0) is 10.5 Å². The molecule has 0 aliphatic carbocycles. The third-order valence-electron chi connectivity index (χ3n) is 2.67. The van der Waals surface area contributed by atoms with Crippen LogP contribution in [0.3, 0.4) is 0 Å². The number of thioether (sulfide) groups is 1. The molecule has 0 saturated carbocycles. The predicted molar refractivity (Wildman–Crippen MR) is 69.9 cm³/mol. The van der Waals surface area contributed by atoms with Gasteiger partial charge in [0, 0.05) is 16.9 Å². The van der Waals surface area contributed by atoms with Crippen molar-refractivity contribution in [1.82, 2.24) is 0 Å². The molecule has 0 unspecified atom stereocenters. The van der Waals surface area contributed by atoms with Crippen LogP contribution in [0.25, 0.3) is 0 Å². The van der Waals surface area contributed by atoms with Gasteiger partial charge in [0.05, 0.1) is 25.6 Å².